The molecule has 1 amide bonds. The lowest BCUT2D eigenvalue weighted by Gasteiger charge is -2.43. The van der Waals surface area contributed by atoms with E-state index in [9.17, 15) is 14.7 Å². The van der Waals surface area contributed by atoms with Crippen molar-refractivity contribution in [3.8, 4) is 0 Å². The lowest BCUT2D eigenvalue weighted by molar-refractivity contribution is 0.0634. The minimum atomic E-state index is -2.88. The lowest BCUT2D eigenvalue weighted by atomic mass is 10.1. The zero-order valence-corrected chi connectivity index (χ0v) is 33.7. The summed E-state index contributed by atoms with van der Waals surface area (Å²) in [6.45, 7) is 23.3. The number of aromatic carboxylic acids is 1. The fraction of sp³-hybridized carbons (Fsp3) is 0.425. The van der Waals surface area contributed by atoms with Gasteiger partial charge in [0.15, 0.2) is 0 Å². The Bertz CT molecular complexity index is 1600. The number of benzene rings is 3. The number of nitrogens with zero attached hydrogens (tertiary/aromatic N) is 1. The summed E-state index contributed by atoms with van der Waals surface area (Å²) in [4.78, 5) is 29.6. The van der Waals surface area contributed by atoms with E-state index in [2.05, 4.69) is 108 Å². The van der Waals surface area contributed by atoms with Crippen LogP contribution in [0.5, 0.6) is 0 Å². The summed E-state index contributed by atoms with van der Waals surface area (Å²) < 4.78 is 19.1. The van der Waals surface area contributed by atoms with Crippen LogP contribution < -0.4 is 15.7 Å². The van der Waals surface area contributed by atoms with E-state index in [1.165, 1.54) is 12.1 Å². The first-order valence-electron chi connectivity index (χ1n) is 17.1. The first kappa shape index (κ1) is 40.4. The smallest absolute Gasteiger partial charge is 0.412 e. The third-order valence-electron chi connectivity index (χ3n) is 8.94. The van der Waals surface area contributed by atoms with Crippen LogP contribution in [0.1, 0.15) is 84.7 Å². The number of amides is 1. The summed E-state index contributed by atoms with van der Waals surface area (Å²) in [6, 6.07) is 25.0. The highest BCUT2D eigenvalue weighted by atomic mass is 28.4. The summed E-state index contributed by atoms with van der Waals surface area (Å²) >= 11 is 0. The highest BCUT2D eigenvalue weighted by Crippen LogP contribution is 2.38. The number of carbonyl (C=O) groups excluding carboxylic acids is 1. The molecule has 0 spiro atoms. The highest BCUT2D eigenvalue weighted by molar-refractivity contribution is 6.99. The number of hydrogen-bond donors (Lipinski definition) is 2. The first-order chi connectivity index (χ1) is 23.2. The quantitative estimate of drug-likeness (QED) is 0.104. The van der Waals surface area contributed by atoms with E-state index in [-0.39, 0.29) is 21.7 Å². The molecule has 0 saturated heterocycles. The van der Waals surface area contributed by atoms with Crippen LogP contribution in [-0.4, -0.2) is 58.3 Å². The molecule has 1 atom stereocenters. The van der Waals surface area contributed by atoms with E-state index in [4.69, 9.17) is 18.6 Å². The lowest BCUT2D eigenvalue weighted by Crippen LogP contribution is -2.67. The predicted octanol–water partition coefficient (Wildman–Crippen LogP) is 9.02. The van der Waals surface area contributed by atoms with Gasteiger partial charge in [0.2, 0.25) is 8.32 Å². The molecule has 10 heteroatoms. The van der Waals surface area contributed by atoms with Gasteiger partial charge < -0.3 is 18.7 Å². The number of nitrogens with one attached hydrogen (secondary N) is 1. The number of aliphatic imine (C=N–C) groups is 1. The van der Waals surface area contributed by atoms with Crippen LogP contribution in [0.15, 0.2) is 96.2 Å². The molecule has 0 aliphatic carbocycles. The van der Waals surface area contributed by atoms with Crippen LogP contribution in [0.25, 0.3) is 0 Å². The van der Waals surface area contributed by atoms with Gasteiger partial charge in [-0.3, -0.25) is 10.3 Å². The normalized spacial score (nSPS) is 13.7. The van der Waals surface area contributed by atoms with Gasteiger partial charge in [0.25, 0.3) is 8.32 Å². The molecule has 0 unspecified atom stereocenters. The standard InChI is InChI=1S/C40H56N2O6Si2/c1-38(2,3)48-37(45)42-35-25-24-30(36(43)44)27-31(35)28-41-32(19-18-26-46-49(10,11)39(4,5)6)29-47-50(40(7,8)9,33-20-14-12-15-21-33)34-22-16-13-17-23-34/h12-18,20-28,32H,19,29H2,1-11H3,(H,42,45)(H,43,44)/b26-18+,41-28?/t32-/m1/s1. The van der Waals surface area contributed by atoms with Gasteiger partial charge in [-0.15, -0.1) is 0 Å². The molecule has 0 heterocycles. The van der Waals surface area contributed by atoms with Crippen molar-refractivity contribution in [3.63, 3.8) is 0 Å². The molecule has 0 saturated carbocycles. The van der Waals surface area contributed by atoms with Crippen LogP contribution in [0, 0.1) is 0 Å². The second-order valence-corrected chi connectivity index (χ2v) is 25.2. The maximum absolute atomic E-state index is 12.7. The summed E-state index contributed by atoms with van der Waals surface area (Å²) in [5, 5.41) is 14.7. The third kappa shape index (κ3) is 10.8. The van der Waals surface area contributed by atoms with E-state index in [0.717, 1.165) is 10.4 Å². The van der Waals surface area contributed by atoms with Crippen molar-refractivity contribution in [2.45, 2.75) is 104 Å². The van der Waals surface area contributed by atoms with Gasteiger partial charge in [-0.2, -0.15) is 0 Å². The molecule has 2 N–H and O–H groups in total. The summed E-state index contributed by atoms with van der Waals surface area (Å²) in [5.41, 5.74) is 0.190. The molecule has 0 fully saturated rings. The predicted molar refractivity (Wildman–Crippen MR) is 210 cm³/mol. The van der Waals surface area contributed by atoms with E-state index < -0.39 is 34.3 Å². The monoisotopic (exact) mass is 716 g/mol. The number of anilines is 1. The molecule has 0 radical (unpaired) electrons. The molecule has 3 aromatic rings. The Kier molecular flexibility index (Phi) is 13.2. The van der Waals surface area contributed by atoms with E-state index in [0.29, 0.717) is 24.3 Å². The van der Waals surface area contributed by atoms with Crippen molar-refractivity contribution in [3.05, 3.63) is 102 Å². The first-order valence-corrected chi connectivity index (χ1v) is 22.0. The van der Waals surface area contributed by atoms with Gasteiger partial charge in [-0.05, 0) is 85.0 Å². The molecule has 3 rings (SSSR count). The van der Waals surface area contributed by atoms with Crippen LogP contribution >= 0.6 is 0 Å². The van der Waals surface area contributed by atoms with Crippen molar-refractivity contribution < 1.29 is 28.3 Å². The minimum Gasteiger partial charge on any atom is -0.549 e. The number of carboxylic acids is 1. The molecule has 0 aliphatic rings. The van der Waals surface area contributed by atoms with Gasteiger partial charge in [-0.1, -0.05) is 102 Å². The topological polar surface area (TPSA) is 106 Å². The zero-order valence-electron chi connectivity index (χ0n) is 31.7. The zero-order chi connectivity index (χ0) is 37.4. The maximum atomic E-state index is 12.7. The molecule has 0 bridgehead atoms. The summed E-state index contributed by atoms with van der Waals surface area (Å²) in [7, 11) is -4.90. The second-order valence-electron chi connectivity index (χ2n) is 16.1. The van der Waals surface area contributed by atoms with Crippen LogP contribution in [0.4, 0.5) is 10.5 Å². The van der Waals surface area contributed by atoms with E-state index in [1.807, 2.05) is 18.2 Å². The number of carbonyl (C=O) groups is 2. The number of hydrogen-bond acceptors (Lipinski definition) is 6. The fourth-order valence-electron chi connectivity index (χ4n) is 5.28. The third-order valence-corrected chi connectivity index (χ3v) is 18.3. The van der Waals surface area contributed by atoms with Crippen molar-refractivity contribution >= 4 is 51.0 Å². The van der Waals surface area contributed by atoms with Crippen molar-refractivity contribution in [1.82, 2.24) is 0 Å². The van der Waals surface area contributed by atoms with Crippen LogP contribution in [-0.2, 0) is 13.6 Å². The average molecular weight is 717 g/mol. The molecule has 8 nitrogen and oxygen atoms in total. The molecule has 3 aromatic carbocycles. The summed E-state index contributed by atoms with van der Waals surface area (Å²) in [6.07, 6.45) is 5.26. The van der Waals surface area contributed by atoms with Crippen molar-refractivity contribution in [1.29, 1.82) is 0 Å². The minimum absolute atomic E-state index is 0.0496. The largest absolute Gasteiger partial charge is 0.549 e. The highest BCUT2D eigenvalue weighted by Gasteiger charge is 2.50. The Morgan fingerprint density at radius 2 is 1.40 bits per heavy atom. The van der Waals surface area contributed by atoms with Gasteiger partial charge in [0.05, 0.1) is 30.2 Å². The van der Waals surface area contributed by atoms with Gasteiger partial charge in [-0.25, -0.2) is 9.59 Å². The molecule has 50 heavy (non-hydrogen) atoms. The SMILES string of the molecule is CC(C)(C)OC(=O)Nc1ccc(C(=O)O)cc1C=N[C@H](C/C=C/O[Si](C)(C)C(C)(C)C)CO[Si](c1ccccc1)(c1ccccc1)C(C)(C)C. The second kappa shape index (κ2) is 16.4. The average Bonchev–Trinajstić information content (AvgIpc) is 3.01. The summed E-state index contributed by atoms with van der Waals surface area (Å²) in [5.74, 6) is -1.08. The van der Waals surface area contributed by atoms with E-state index in [1.54, 1.807) is 39.3 Å². The van der Waals surface area contributed by atoms with E-state index >= 15 is 0 Å². The maximum Gasteiger partial charge on any atom is 0.412 e. The molecular formula is C40H56N2O6Si2. The van der Waals surface area contributed by atoms with Crippen molar-refractivity contribution in [2.24, 2.45) is 4.99 Å². The Morgan fingerprint density at radius 3 is 1.88 bits per heavy atom. The molecule has 270 valence electrons. The van der Waals surface area contributed by atoms with Gasteiger partial charge in [0.1, 0.15) is 5.60 Å². The molecule has 0 aromatic heterocycles. The molecular weight excluding hydrogens is 661 g/mol. The van der Waals surface area contributed by atoms with Crippen LogP contribution in [0.3, 0.4) is 0 Å². The molecule has 0 aliphatic heterocycles. The Morgan fingerprint density at radius 1 is 0.840 bits per heavy atom. The van der Waals surface area contributed by atoms with Crippen LogP contribution in [0.2, 0.25) is 23.2 Å². The fourth-order valence-corrected chi connectivity index (χ4v) is 10.7. The number of ether oxygens (including phenoxy) is 1. The van der Waals surface area contributed by atoms with Gasteiger partial charge in [0, 0.05) is 11.8 Å². The Labute approximate surface area is 301 Å². The Balaban J connectivity index is 2.08. The number of carboxylic acid groups (broad SMARTS) is 1. The Hall–Kier alpha value is -4.00. The van der Waals surface area contributed by atoms with Gasteiger partial charge >= 0.3 is 12.1 Å². The number of rotatable bonds is 13. The van der Waals surface area contributed by atoms with Crippen molar-refractivity contribution in [2.75, 3.05) is 11.9 Å².